The van der Waals surface area contributed by atoms with Gasteiger partial charge in [-0.15, -0.1) is 0 Å². The van der Waals surface area contributed by atoms with Crippen LogP contribution in [0.5, 0.6) is 5.75 Å². The first kappa shape index (κ1) is 13.7. The molecule has 0 radical (unpaired) electrons. The molecule has 0 saturated heterocycles. The molecular weight excluding hydrogens is 242 g/mol. The topological polar surface area (TPSA) is 58.6 Å². The van der Waals surface area contributed by atoms with Crippen LogP contribution in [0.25, 0.3) is 0 Å². The Balaban J connectivity index is 2.13. The van der Waals surface area contributed by atoms with Crippen LogP contribution < -0.4 is 10.1 Å². The maximum Gasteiger partial charge on any atom is 0.335 e. The molecule has 4 nitrogen and oxygen atoms in total. The highest BCUT2D eigenvalue weighted by Crippen LogP contribution is 2.31. The third-order valence-corrected chi connectivity index (χ3v) is 3.82. The van der Waals surface area contributed by atoms with Crippen molar-refractivity contribution in [2.45, 2.75) is 38.6 Å². The second-order valence-electron chi connectivity index (χ2n) is 5.32. The lowest BCUT2D eigenvalue weighted by Gasteiger charge is -2.28. The smallest absolute Gasteiger partial charge is 0.335 e. The van der Waals surface area contributed by atoms with E-state index in [4.69, 9.17) is 9.84 Å². The van der Waals surface area contributed by atoms with Crippen LogP contribution in [-0.4, -0.2) is 24.2 Å². The van der Waals surface area contributed by atoms with Crippen LogP contribution in [0.3, 0.4) is 0 Å². The summed E-state index contributed by atoms with van der Waals surface area (Å²) in [5.74, 6) is 0.580. The van der Waals surface area contributed by atoms with E-state index in [0.717, 1.165) is 24.4 Å². The van der Waals surface area contributed by atoms with Crippen molar-refractivity contribution in [2.24, 2.45) is 5.92 Å². The van der Waals surface area contributed by atoms with Crippen LogP contribution in [0.4, 0.5) is 5.69 Å². The fraction of sp³-hybridized carbons (Fsp3) is 0.533. The van der Waals surface area contributed by atoms with E-state index in [1.807, 2.05) is 0 Å². The molecule has 0 amide bonds. The number of anilines is 1. The van der Waals surface area contributed by atoms with Crippen molar-refractivity contribution in [3.8, 4) is 5.75 Å². The lowest BCUT2D eigenvalue weighted by Crippen LogP contribution is -2.25. The zero-order valence-corrected chi connectivity index (χ0v) is 11.5. The molecule has 0 bridgehead atoms. The normalized spacial score (nSPS) is 22.8. The van der Waals surface area contributed by atoms with Crippen molar-refractivity contribution in [3.05, 3.63) is 23.8 Å². The number of hydrogen-bond donors (Lipinski definition) is 2. The summed E-state index contributed by atoms with van der Waals surface area (Å²) in [5.41, 5.74) is 1.06. The predicted molar refractivity (Wildman–Crippen MR) is 75.0 cm³/mol. The van der Waals surface area contributed by atoms with Gasteiger partial charge in [-0.25, -0.2) is 4.79 Å². The van der Waals surface area contributed by atoms with E-state index in [0.29, 0.717) is 11.8 Å². The Kier molecular flexibility index (Phi) is 4.30. The standard InChI is InChI=1S/C15H21NO3/c1-10-3-6-12(7-4-10)16-13-9-11(15(17)18)5-8-14(13)19-2/h5,8-10,12,16H,3-4,6-7H2,1-2H3,(H,17,18). The van der Waals surface area contributed by atoms with Crippen molar-refractivity contribution < 1.29 is 14.6 Å². The molecule has 0 aromatic heterocycles. The Hall–Kier alpha value is -1.71. The summed E-state index contributed by atoms with van der Waals surface area (Å²) in [6, 6.07) is 5.33. The zero-order chi connectivity index (χ0) is 13.8. The first-order chi connectivity index (χ1) is 9.10. The van der Waals surface area contributed by atoms with Crippen LogP contribution in [0.15, 0.2) is 18.2 Å². The second-order valence-corrected chi connectivity index (χ2v) is 5.32. The van der Waals surface area contributed by atoms with Gasteiger partial charge in [0.2, 0.25) is 0 Å². The molecule has 1 fully saturated rings. The average molecular weight is 263 g/mol. The number of rotatable bonds is 4. The first-order valence-electron chi connectivity index (χ1n) is 6.78. The van der Waals surface area contributed by atoms with E-state index in [1.54, 1.807) is 25.3 Å². The number of methoxy groups -OCH3 is 1. The second kappa shape index (κ2) is 5.95. The average Bonchev–Trinajstić information content (AvgIpc) is 2.41. The molecule has 0 atom stereocenters. The van der Waals surface area contributed by atoms with Crippen molar-refractivity contribution in [1.82, 2.24) is 0 Å². The molecule has 1 aliphatic rings. The highest BCUT2D eigenvalue weighted by Gasteiger charge is 2.19. The number of carbonyl (C=O) groups is 1. The Morgan fingerprint density at radius 1 is 1.32 bits per heavy atom. The summed E-state index contributed by atoms with van der Waals surface area (Å²) >= 11 is 0. The van der Waals surface area contributed by atoms with E-state index in [9.17, 15) is 4.79 Å². The Morgan fingerprint density at radius 2 is 2.00 bits per heavy atom. The van der Waals surface area contributed by atoms with E-state index in [-0.39, 0.29) is 5.56 Å². The van der Waals surface area contributed by atoms with Gasteiger partial charge in [-0.1, -0.05) is 6.92 Å². The van der Waals surface area contributed by atoms with Crippen molar-refractivity contribution in [1.29, 1.82) is 0 Å². The molecule has 0 aliphatic heterocycles. The van der Waals surface area contributed by atoms with Crippen molar-refractivity contribution in [2.75, 3.05) is 12.4 Å². The summed E-state index contributed by atoms with van der Waals surface area (Å²) < 4.78 is 5.29. The predicted octanol–water partition coefficient (Wildman–Crippen LogP) is 3.38. The van der Waals surface area contributed by atoms with Crippen LogP contribution in [-0.2, 0) is 0 Å². The van der Waals surface area contributed by atoms with Crippen molar-refractivity contribution in [3.63, 3.8) is 0 Å². The van der Waals surface area contributed by atoms with Gasteiger partial charge in [0.25, 0.3) is 0 Å². The van der Waals surface area contributed by atoms with Gasteiger partial charge in [0.05, 0.1) is 18.4 Å². The minimum absolute atomic E-state index is 0.285. The number of carboxylic acids is 1. The van der Waals surface area contributed by atoms with Gasteiger partial charge in [0, 0.05) is 6.04 Å². The highest BCUT2D eigenvalue weighted by molar-refractivity contribution is 5.89. The van der Waals surface area contributed by atoms with Gasteiger partial charge in [0.1, 0.15) is 5.75 Å². The molecule has 1 saturated carbocycles. The summed E-state index contributed by atoms with van der Waals surface area (Å²) in [6.45, 7) is 2.28. The molecule has 0 unspecified atom stereocenters. The fourth-order valence-electron chi connectivity index (χ4n) is 2.58. The molecule has 4 heteroatoms. The maximum absolute atomic E-state index is 11.0. The first-order valence-corrected chi connectivity index (χ1v) is 6.78. The highest BCUT2D eigenvalue weighted by atomic mass is 16.5. The molecule has 1 aromatic carbocycles. The molecule has 0 spiro atoms. The van der Waals surface area contributed by atoms with Crippen LogP contribution in [0, 0.1) is 5.92 Å². The van der Waals surface area contributed by atoms with E-state index < -0.39 is 5.97 Å². The summed E-state index contributed by atoms with van der Waals surface area (Å²) in [4.78, 5) is 11.0. The minimum Gasteiger partial charge on any atom is -0.495 e. The molecule has 2 rings (SSSR count). The number of carboxylic acid groups (broad SMARTS) is 1. The summed E-state index contributed by atoms with van der Waals surface area (Å²) in [7, 11) is 1.60. The Labute approximate surface area is 113 Å². The zero-order valence-electron chi connectivity index (χ0n) is 11.5. The summed E-state index contributed by atoms with van der Waals surface area (Å²) in [5, 5.41) is 12.5. The van der Waals surface area contributed by atoms with Gasteiger partial charge in [0.15, 0.2) is 0 Å². The van der Waals surface area contributed by atoms with Crippen LogP contribution in [0.1, 0.15) is 43.0 Å². The number of hydrogen-bond acceptors (Lipinski definition) is 3. The molecule has 1 aliphatic carbocycles. The Morgan fingerprint density at radius 3 is 2.58 bits per heavy atom. The maximum atomic E-state index is 11.0. The van der Waals surface area contributed by atoms with Crippen LogP contribution >= 0.6 is 0 Å². The third-order valence-electron chi connectivity index (χ3n) is 3.82. The number of benzene rings is 1. The molecular formula is C15H21NO3. The number of aromatic carboxylic acids is 1. The van der Waals surface area contributed by atoms with Gasteiger partial charge < -0.3 is 15.2 Å². The molecule has 0 heterocycles. The monoisotopic (exact) mass is 263 g/mol. The van der Waals surface area contributed by atoms with E-state index >= 15 is 0 Å². The molecule has 19 heavy (non-hydrogen) atoms. The van der Waals surface area contributed by atoms with E-state index in [1.165, 1.54) is 12.8 Å². The van der Waals surface area contributed by atoms with Crippen molar-refractivity contribution >= 4 is 11.7 Å². The fourth-order valence-corrected chi connectivity index (χ4v) is 2.58. The SMILES string of the molecule is COc1ccc(C(=O)O)cc1NC1CCC(C)CC1. The van der Waals surface area contributed by atoms with Gasteiger partial charge in [-0.05, 0) is 49.8 Å². The van der Waals surface area contributed by atoms with Gasteiger partial charge >= 0.3 is 5.97 Å². The quantitative estimate of drug-likeness (QED) is 0.874. The number of nitrogens with one attached hydrogen (secondary N) is 1. The van der Waals surface area contributed by atoms with Crippen LogP contribution in [0.2, 0.25) is 0 Å². The largest absolute Gasteiger partial charge is 0.495 e. The number of ether oxygens (including phenoxy) is 1. The van der Waals surface area contributed by atoms with Gasteiger partial charge in [-0.3, -0.25) is 0 Å². The van der Waals surface area contributed by atoms with Gasteiger partial charge in [-0.2, -0.15) is 0 Å². The molecule has 1 aromatic rings. The lowest BCUT2D eigenvalue weighted by molar-refractivity contribution is 0.0697. The molecule has 104 valence electrons. The lowest BCUT2D eigenvalue weighted by atomic mass is 9.87. The minimum atomic E-state index is -0.914. The molecule has 2 N–H and O–H groups in total. The Bertz CT molecular complexity index is 451. The third kappa shape index (κ3) is 3.40. The van der Waals surface area contributed by atoms with E-state index in [2.05, 4.69) is 12.2 Å². The summed E-state index contributed by atoms with van der Waals surface area (Å²) in [6.07, 6.45) is 4.69.